The molecule has 0 bridgehead atoms. The van der Waals surface area contributed by atoms with Crippen LogP contribution >= 0.6 is 0 Å². The van der Waals surface area contributed by atoms with Crippen molar-refractivity contribution in [2.75, 3.05) is 31.2 Å². The fraction of sp³-hybridized carbons (Fsp3) is 0.417. The first-order valence-electron chi connectivity index (χ1n) is 11.5. The molecule has 2 fully saturated rings. The number of ether oxygens (including phenoxy) is 2. The molecule has 0 unspecified atom stereocenters. The highest BCUT2D eigenvalue weighted by atomic mass is 32.2. The Morgan fingerprint density at radius 2 is 1.79 bits per heavy atom. The van der Waals surface area contributed by atoms with Crippen LogP contribution in [0.3, 0.4) is 0 Å². The molecular weight excluding hydrogens is 459 g/mol. The van der Waals surface area contributed by atoms with Gasteiger partial charge in [0.15, 0.2) is 0 Å². The fourth-order valence-corrected chi connectivity index (χ4v) is 5.74. The predicted molar refractivity (Wildman–Crippen MR) is 126 cm³/mol. The third kappa shape index (κ3) is 5.13. The zero-order valence-electron chi connectivity index (χ0n) is 18.7. The summed E-state index contributed by atoms with van der Waals surface area (Å²) in [6, 6.07) is 10.5. The van der Waals surface area contributed by atoms with Gasteiger partial charge in [0, 0.05) is 31.4 Å². The van der Waals surface area contributed by atoms with Gasteiger partial charge in [0.25, 0.3) is 0 Å². The van der Waals surface area contributed by atoms with Crippen LogP contribution in [0, 0.1) is 5.82 Å². The summed E-state index contributed by atoms with van der Waals surface area (Å²) in [5.74, 6) is 0.915. The maximum absolute atomic E-state index is 13.1. The Balaban J connectivity index is 1.26. The Morgan fingerprint density at radius 1 is 1.06 bits per heavy atom. The fourth-order valence-electron chi connectivity index (χ4n) is 4.43. The number of aromatic nitrogens is 2. The molecule has 1 aliphatic heterocycles. The summed E-state index contributed by atoms with van der Waals surface area (Å²) >= 11 is 0. The molecule has 180 valence electrons. The minimum atomic E-state index is -3.69. The molecule has 0 amide bonds. The Labute approximate surface area is 198 Å². The number of halogens is 1. The monoisotopic (exact) mass is 486 g/mol. The molecule has 2 aliphatic rings. The van der Waals surface area contributed by atoms with Crippen LogP contribution in [0.25, 0.3) is 10.9 Å². The van der Waals surface area contributed by atoms with Gasteiger partial charge < -0.3 is 14.4 Å². The van der Waals surface area contributed by atoms with E-state index in [0.717, 1.165) is 41.9 Å². The summed E-state index contributed by atoms with van der Waals surface area (Å²) < 4.78 is 52.9. The molecule has 8 nitrogen and oxygen atoms in total. The van der Waals surface area contributed by atoms with Gasteiger partial charge >= 0.3 is 0 Å². The minimum absolute atomic E-state index is 0.0652. The van der Waals surface area contributed by atoms with Crippen molar-refractivity contribution in [1.29, 1.82) is 0 Å². The second-order valence-corrected chi connectivity index (χ2v) is 10.3. The van der Waals surface area contributed by atoms with Crippen LogP contribution in [0.1, 0.15) is 25.7 Å². The number of hydrogen-bond acceptors (Lipinski definition) is 7. The van der Waals surface area contributed by atoms with Gasteiger partial charge in [-0.05, 0) is 62.1 Å². The molecule has 1 aromatic carbocycles. The van der Waals surface area contributed by atoms with E-state index in [1.807, 2.05) is 18.2 Å². The van der Waals surface area contributed by atoms with Crippen LogP contribution in [0.5, 0.6) is 5.88 Å². The van der Waals surface area contributed by atoms with Crippen molar-refractivity contribution < 1.29 is 22.3 Å². The number of morpholine rings is 1. The average molecular weight is 487 g/mol. The van der Waals surface area contributed by atoms with E-state index in [-0.39, 0.29) is 17.0 Å². The number of nitrogens with one attached hydrogen (secondary N) is 1. The first-order chi connectivity index (χ1) is 16.5. The van der Waals surface area contributed by atoms with Gasteiger partial charge in [0.2, 0.25) is 15.9 Å². The normalized spacial score (nSPS) is 21.5. The second kappa shape index (κ2) is 9.81. The largest absolute Gasteiger partial charge is 0.474 e. The van der Waals surface area contributed by atoms with Gasteiger partial charge in [-0.2, -0.15) is 4.98 Å². The molecule has 0 atom stereocenters. The van der Waals surface area contributed by atoms with Gasteiger partial charge in [-0.1, -0.05) is 0 Å². The van der Waals surface area contributed by atoms with E-state index in [2.05, 4.69) is 14.6 Å². The van der Waals surface area contributed by atoms with E-state index in [0.29, 0.717) is 44.8 Å². The van der Waals surface area contributed by atoms with Crippen LogP contribution in [0.15, 0.2) is 53.6 Å². The quantitative estimate of drug-likeness (QED) is 0.572. The standard InChI is InChI=1S/C24H27FN4O4S/c25-17-3-9-20(10-4-17)34(30,31)28-18-5-7-19(8-6-18)33-24-21-2-1-11-26-22(21)16-23(27-24)29-12-14-32-15-13-29/h1-4,9-11,16,18-19,28H,5-8,12-15H2. The highest BCUT2D eigenvalue weighted by molar-refractivity contribution is 7.89. The van der Waals surface area contributed by atoms with Crippen LogP contribution < -0.4 is 14.4 Å². The number of pyridine rings is 2. The van der Waals surface area contributed by atoms with Gasteiger partial charge in [0.05, 0.1) is 29.0 Å². The molecule has 1 N–H and O–H groups in total. The maximum Gasteiger partial charge on any atom is 0.240 e. The third-order valence-electron chi connectivity index (χ3n) is 6.28. The SMILES string of the molecule is O=S(=O)(NC1CCC(Oc2nc(N3CCOCC3)cc3ncccc23)CC1)c1ccc(F)cc1. The molecule has 1 aliphatic carbocycles. The van der Waals surface area contributed by atoms with Gasteiger partial charge in [-0.3, -0.25) is 4.98 Å². The molecular formula is C24H27FN4O4S. The summed E-state index contributed by atoms with van der Waals surface area (Å²) in [5, 5.41) is 0.860. The van der Waals surface area contributed by atoms with E-state index in [4.69, 9.17) is 14.5 Å². The molecule has 1 saturated heterocycles. The van der Waals surface area contributed by atoms with Crippen molar-refractivity contribution in [1.82, 2.24) is 14.7 Å². The lowest BCUT2D eigenvalue weighted by atomic mass is 9.94. The zero-order chi connectivity index (χ0) is 23.5. The zero-order valence-corrected chi connectivity index (χ0v) is 19.5. The van der Waals surface area contributed by atoms with Gasteiger partial charge in [-0.25, -0.2) is 17.5 Å². The summed E-state index contributed by atoms with van der Waals surface area (Å²) in [6.07, 6.45) is 4.37. The number of nitrogens with zero attached hydrogens (tertiary/aromatic N) is 3. The summed E-state index contributed by atoms with van der Waals surface area (Å²) in [6.45, 7) is 2.86. The van der Waals surface area contributed by atoms with Crippen LogP contribution in [0.2, 0.25) is 0 Å². The number of hydrogen-bond donors (Lipinski definition) is 1. The van der Waals surface area contributed by atoms with Crippen LogP contribution in [-0.4, -0.2) is 56.8 Å². The number of sulfonamides is 1. The second-order valence-electron chi connectivity index (χ2n) is 8.62. The van der Waals surface area contributed by atoms with Crippen molar-refractivity contribution in [2.24, 2.45) is 0 Å². The molecule has 3 heterocycles. The molecule has 0 radical (unpaired) electrons. The van der Waals surface area contributed by atoms with E-state index >= 15 is 0 Å². The Bertz CT molecular complexity index is 1240. The van der Waals surface area contributed by atoms with Crippen LogP contribution in [-0.2, 0) is 14.8 Å². The van der Waals surface area contributed by atoms with Gasteiger partial charge in [0.1, 0.15) is 17.7 Å². The average Bonchev–Trinajstić information content (AvgIpc) is 2.86. The molecule has 10 heteroatoms. The first-order valence-corrected chi connectivity index (χ1v) is 13.0. The maximum atomic E-state index is 13.1. The number of benzene rings is 1. The highest BCUT2D eigenvalue weighted by Gasteiger charge is 2.28. The Hall–Kier alpha value is -2.82. The molecule has 5 rings (SSSR count). The van der Waals surface area contributed by atoms with E-state index in [1.165, 1.54) is 12.1 Å². The van der Waals surface area contributed by atoms with Crippen molar-refractivity contribution >= 4 is 26.7 Å². The molecule has 0 spiro atoms. The summed E-state index contributed by atoms with van der Waals surface area (Å²) in [4.78, 5) is 11.5. The topological polar surface area (TPSA) is 93.7 Å². The molecule has 2 aromatic heterocycles. The molecule has 3 aromatic rings. The lowest BCUT2D eigenvalue weighted by Gasteiger charge is -2.30. The molecule has 34 heavy (non-hydrogen) atoms. The minimum Gasteiger partial charge on any atom is -0.474 e. The first kappa shape index (κ1) is 22.9. The summed E-state index contributed by atoms with van der Waals surface area (Å²) in [5.41, 5.74) is 0.828. The lowest BCUT2D eigenvalue weighted by molar-refractivity contribution is 0.121. The van der Waals surface area contributed by atoms with Crippen molar-refractivity contribution in [3.63, 3.8) is 0 Å². The van der Waals surface area contributed by atoms with E-state index in [9.17, 15) is 12.8 Å². The predicted octanol–water partition coefficient (Wildman–Crippen LogP) is 3.27. The van der Waals surface area contributed by atoms with E-state index in [1.54, 1.807) is 6.20 Å². The van der Waals surface area contributed by atoms with Crippen molar-refractivity contribution in [3.8, 4) is 5.88 Å². The highest BCUT2D eigenvalue weighted by Crippen LogP contribution is 2.31. The lowest BCUT2D eigenvalue weighted by Crippen LogP contribution is -2.39. The summed E-state index contributed by atoms with van der Waals surface area (Å²) in [7, 11) is -3.69. The van der Waals surface area contributed by atoms with E-state index < -0.39 is 15.8 Å². The number of anilines is 1. The molecule has 1 saturated carbocycles. The smallest absolute Gasteiger partial charge is 0.240 e. The van der Waals surface area contributed by atoms with Crippen molar-refractivity contribution in [2.45, 2.75) is 42.7 Å². The number of fused-ring (bicyclic) bond motifs is 1. The third-order valence-corrected chi connectivity index (χ3v) is 7.82. The van der Waals surface area contributed by atoms with Gasteiger partial charge in [-0.15, -0.1) is 0 Å². The Morgan fingerprint density at radius 3 is 2.53 bits per heavy atom. The van der Waals surface area contributed by atoms with Crippen molar-refractivity contribution in [3.05, 3.63) is 54.5 Å². The Kier molecular flexibility index (Phi) is 6.62. The number of rotatable bonds is 6. The van der Waals surface area contributed by atoms with Crippen LogP contribution in [0.4, 0.5) is 10.2 Å².